The molecule has 4 heteroatoms. The fraction of sp³-hybridized carbons (Fsp3) is 0.667. The van der Waals surface area contributed by atoms with Gasteiger partial charge in [0.25, 0.3) is 0 Å². The highest BCUT2D eigenvalue weighted by Gasteiger charge is 2.16. The van der Waals surface area contributed by atoms with Crippen molar-refractivity contribution in [3.05, 3.63) is 23.9 Å². The number of rotatable bonds is 8. The summed E-state index contributed by atoms with van der Waals surface area (Å²) in [7, 11) is 1.72. The molecule has 0 saturated heterocycles. The largest absolute Gasteiger partial charge is 0.478 e. The third kappa shape index (κ3) is 6.55. The van der Waals surface area contributed by atoms with Gasteiger partial charge in [0.2, 0.25) is 5.88 Å². The zero-order valence-corrected chi connectivity index (χ0v) is 12.7. The van der Waals surface area contributed by atoms with E-state index in [0.717, 1.165) is 18.7 Å². The van der Waals surface area contributed by atoms with Gasteiger partial charge in [0.1, 0.15) is 0 Å². The van der Waals surface area contributed by atoms with Crippen LogP contribution in [0.1, 0.15) is 39.8 Å². The standard InChI is InChI=1S/C15H26N2O2/c1-12(2)16-11-13-7-6-8-14(17-13)19-10-9-15(3,4)18-5/h6-8,12,16H,9-11H2,1-5H3. The van der Waals surface area contributed by atoms with Crippen molar-refractivity contribution < 1.29 is 9.47 Å². The number of methoxy groups -OCH3 is 1. The van der Waals surface area contributed by atoms with Crippen molar-refractivity contribution in [1.82, 2.24) is 10.3 Å². The van der Waals surface area contributed by atoms with Gasteiger partial charge in [-0.15, -0.1) is 0 Å². The molecule has 0 saturated carbocycles. The highest BCUT2D eigenvalue weighted by atomic mass is 16.5. The van der Waals surface area contributed by atoms with Crippen molar-refractivity contribution in [2.75, 3.05) is 13.7 Å². The van der Waals surface area contributed by atoms with Crippen molar-refractivity contribution in [3.8, 4) is 5.88 Å². The second-order valence-corrected chi connectivity index (χ2v) is 5.57. The Kier molecular flexibility index (Phi) is 6.25. The molecule has 4 nitrogen and oxygen atoms in total. The molecule has 1 N–H and O–H groups in total. The quantitative estimate of drug-likeness (QED) is 0.785. The number of ether oxygens (including phenoxy) is 2. The second-order valence-electron chi connectivity index (χ2n) is 5.57. The van der Waals surface area contributed by atoms with Crippen LogP contribution in [0.15, 0.2) is 18.2 Å². The van der Waals surface area contributed by atoms with E-state index in [-0.39, 0.29) is 5.60 Å². The predicted molar refractivity (Wildman–Crippen MR) is 77.4 cm³/mol. The van der Waals surface area contributed by atoms with E-state index in [0.29, 0.717) is 18.5 Å². The first kappa shape index (κ1) is 15.9. The minimum absolute atomic E-state index is 0.156. The third-order valence-corrected chi connectivity index (χ3v) is 2.98. The minimum Gasteiger partial charge on any atom is -0.478 e. The van der Waals surface area contributed by atoms with Crippen LogP contribution >= 0.6 is 0 Å². The van der Waals surface area contributed by atoms with E-state index in [1.165, 1.54) is 0 Å². The first-order valence-electron chi connectivity index (χ1n) is 6.80. The number of pyridine rings is 1. The number of nitrogens with one attached hydrogen (secondary N) is 1. The Labute approximate surface area is 116 Å². The Hall–Kier alpha value is -1.13. The van der Waals surface area contributed by atoms with Gasteiger partial charge >= 0.3 is 0 Å². The molecular weight excluding hydrogens is 240 g/mol. The molecule has 1 rings (SSSR count). The lowest BCUT2D eigenvalue weighted by Gasteiger charge is -2.22. The summed E-state index contributed by atoms with van der Waals surface area (Å²) in [6.45, 7) is 9.70. The molecule has 0 aliphatic carbocycles. The third-order valence-electron chi connectivity index (χ3n) is 2.98. The molecular formula is C15H26N2O2. The van der Waals surface area contributed by atoms with Crippen LogP contribution in [0, 0.1) is 0 Å². The van der Waals surface area contributed by atoms with Crippen molar-refractivity contribution in [1.29, 1.82) is 0 Å². The zero-order valence-electron chi connectivity index (χ0n) is 12.7. The van der Waals surface area contributed by atoms with Gasteiger partial charge in [0, 0.05) is 32.2 Å². The summed E-state index contributed by atoms with van der Waals surface area (Å²) in [5, 5.41) is 3.34. The summed E-state index contributed by atoms with van der Waals surface area (Å²) in [4.78, 5) is 4.46. The van der Waals surface area contributed by atoms with Gasteiger partial charge in [-0.3, -0.25) is 0 Å². The smallest absolute Gasteiger partial charge is 0.213 e. The molecule has 0 spiro atoms. The summed E-state index contributed by atoms with van der Waals surface area (Å²) in [5.41, 5.74) is 0.841. The van der Waals surface area contributed by atoms with Crippen LogP contribution in [0.2, 0.25) is 0 Å². The molecule has 0 aliphatic rings. The van der Waals surface area contributed by atoms with E-state index in [1.807, 2.05) is 32.0 Å². The van der Waals surface area contributed by atoms with Gasteiger partial charge in [-0.2, -0.15) is 0 Å². The molecule has 0 unspecified atom stereocenters. The average Bonchev–Trinajstić information content (AvgIpc) is 2.37. The number of aromatic nitrogens is 1. The van der Waals surface area contributed by atoms with Gasteiger partial charge in [0.05, 0.1) is 17.9 Å². The maximum Gasteiger partial charge on any atom is 0.213 e. The monoisotopic (exact) mass is 266 g/mol. The Morgan fingerprint density at radius 2 is 2.05 bits per heavy atom. The lowest BCUT2D eigenvalue weighted by molar-refractivity contribution is 0.00507. The zero-order chi connectivity index (χ0) is 14.3. The molecule has 19 heavy (non-hydrogen) atoms. The van der Waals surface area contributed by atoms with Gasteiger partial charge in [-0.05, 0) is 19.9 Å². The van der Waals surface area contributed by atoms with Gasteiger partial charge in [-0.25, -0.2) is 4.98 Å². The maximum absolute atomic E-state index is 5.67. The predicted octanol–water partition coefficient (Wildman–Crippen LogP) is 2.77. The normalized spacial score (nSPS) is 11.9. The second kappa shape index (κ2) is 7.46. The maximum atomic E-state index is 5.67. The molecule has 0 amide bonds. The van der Waals surface area contributed by atoms with Gasteiger partial charge in [0.15, 0.2) is 0 Å². The van der Waals surface area contributed by atoms with Crippen LogP contribution in [0.5, 0.6) is 5.88 Å². The summed E-state index contributed by atoms with van der Waals surface area (Å²) in [5.74, 6) is 0.676. The van der Waals surface area contributed by atoms with Crippen LogP contribution in [0.25, 0.3) is 0 Å². The van der Waals surface area contributed by atoms with E-state index in [4.69, 9.17) is 9.47 Å². The molecule has 1 heterocycles. The molecule has 1 aromatic rings. The molecule has 0 fully saturated rings. The van der Waals surface area contributed by atoms with Crippen molar-refractivity contribution in [3.63, 3.8) is 0 Å². The lowest BCUT2D eigenvalue weighted by Crippen LogP contribution is -2.25. The Bertz CT molecular complexity index is 378. The summed E-state index contributed by atoms with van der Waals surface area (Å²) in [6.07, 6.45) is 0.833. The fourth-order valence-electron chi connectivity index (χ4n) is 1.45. The molecule has 0 bridgehead atoms. The van der Waals surface area contributed by atoms with Crippen molar-refractivity contribution in [2.24, 2.45) is 0 Å². The van der Waals surface area contributed by atoms with E-state index < -0.39 is 0 Å². The fourth-order valence-corrected chi connectivity index (χ4v) is 1.45. The number of nitrogens with zero attached hydrogens (tertiary/aromatic N) is 1. The Morgan fingerprint density at radius 3 is 2.68 bits per heavy atom. The molecule has 0 aromatic carbocycles. The molecule has 1 aromatic heterocycles. The number of hydrogen-bond donors (Lipinski definition) is 1. The van der Waals surface area contributed by atoms with E-state index in [1.54, 1.807) is 7.11 Å². The Balaban J connectivity index is 2.44. The highest BCUT2D eigenvalue weighted by Crippen LogP contribution is 2.14. The van der Waals surface area contributed by atoms with Crippen molar-refractivity contribution in [2.45, 2.75) is 52.3 Å². The SMILES string of the molecule is COC(C)(C)CCOc1cccc(CNC(C)C)n1. The summed E-state index contributed by atoms with van der Waals surface area (Å²) < 4.78 is 11.0. The summed E-state index contributed by atoms with van der Waals surface area (Å²) in [6, 6.07) is 6.31. The van der Waals surface area contributed by atoms with Crippen LogP contribution in [-0.2, 0) is 11.3 Å². The molecule has 0 radical (unpaired) electrons. The highest BCUT2D eigenvalue weighted by molar-refractivity contribution is 5.15. The van der Waals surface area contributed by atoms with E-state index in [9.17, 15) is 0 Å². The van der Waals surface area contributed by atoms with Crippen molar-refractivity contribution >= 4 is 0 Å². The average molecular weight is 266 g/mol. The van der Waals surface area contributed by atoms with E-state index in [2.05, 4.69) is 24.1 Å². The van der Waals surface area contributed by atoms with Gasteiger partial charge < -0.3 is 14.8 Å². The van der Waals surface area contributed by atoms with E-state index >= 15 is 0 Å². The minimum atomic E-state index is -0.156. The van der Waals surface area contributed by atoms with Gasteiger partial charge in [-0.1, -0.05) is 19.9 Å². The number of hydrogen-bond acceptors (Lipinski definition) is 4. The lowest BCUT2D eigenvalue weighted by atomic mass is 10.1. The summed E-state index contributed by atoms with van der Waals surface area (Å²) >= 11 is 0. The first-order valence-corrected chi connectivity index (χ1v) is 6.80. The first-order chi connectivity index (χ1) is 8.93. The molecule has 0 aliphatic heterocycles. The topological polar surface area (TPSA) is 43.4 Å². The Morgan fingerprint density at radius 1 is 1.32 bits per heavy atom. The van der Waals surface area contributed by atoms with Crippen LogP contribution in [-0.4, -0.2) is 30.3 Å². The molecule has 0 atom stereocenters. The van der Waals surface area contributed by atoms with Crippen LogP contribution in [0.3, 0.4) is 0 Å². The van der Waals surface area contributed by atoms with Crippen LogP contribution < -0.4 is 10.1 Å². The van der Waals surface area contributed by atoms with Crippen LogP contribution in [0.4, 0.5) is 0 Å². The molecule has 108 valence electrons.